The van der Waals surface area contributed by atoms with Gasteiger partial charge in [0.1, 0.15) is 6.54 Å². The Morgan fingerprint density at radius 1 is 0.905 bits per heavy atom. The van der Waals surface area contributed by atoms with Gasteiger partial charge in [-0.25, -0.2) is 9.59 Å². The molecule has 3 aromatic rings. The second kappa shape index (κ2) is 15.4. The maximum Gasteiger partial charge on any atom is 0.335 e. The molecular formula is C31H34N2O8S. The lowest BCUT2D eigenvalue weighted by Crippen LogP contribution is -2.38. The summed E-state index contributed by atoms with van der Waals surface area (Å²) >= 11 is 1.59. The van der Waals surface area contributed by atoms with E-state index in [-0.39, 0.29) is 44.1 Å². The van der Waals surface area contributed by atoms with Gasteiger partial charge in [0, 0.05) is 29.2 Å². The number of thioether (sulfide) groups is 1. The normalized spacial score (nSPS) is 18.2. The molecule has 1 fully saturated rings. The Kier molecular flexibility index (Phi) is 11.4. The van der Waals surface area contributed by atoms with Gasteiger partial charge in [-0.05, 0) is 47.9 Å². The van der Waals surface area contributed by atoms with Crippen LogP contribution < -0.4 is 10.6 Å². The Balaban J connectivity index is 1.40. The standard InChI is InChI=1S/C31H34N2O8S/c1-2-39-28(35)17-33-31(38)32-16-20-3-9-24(10-4-20)30-40-25(19-42-26-13-11-23(12-14-26)29(36)37)15-27(41-30)22-7-5-21(18-34)6-8-22/h3-14,25,27,30,34H,2,15-19H2,1H3,(H,36,37)(H2,32,33,38)/t25-,27+,30+/m0/s1. The number of hydrogen-bond donors (Lipinski definition) is 4. The zero-order chi connectivity index (χ0) is 29.9. The van der Waals surface area contributed by atoms with Gasteiger partial charge in [-0.3, -0.25) is 4.79 Å². The van der Waals surface area contributed by atoms with E-state index < -0.39 is 24.3 Å². The van der Waals surface area contributed by atoms with Crippen molar-refractivity contribution >= 4 is 29.7 Å². The summed E-state index contributed by atoms with van der Waals surface area (Å²) in [5.74, 6) is -0.823. The quantitative estimate of drug-likeness (QED) is 0.175. The van der Waals surface area contributed by atoms with E-state index in [9.17, 15) is 19.5 Å². The number of carbonyl (C=O) groups excluding carboxylic acids is 2. The van der Waals surface area contributed by atoms with Crippen LogP contribution in [0.15, 0.2) is 77.7 Å². The lowest BCUT2D eigenvalue weighted by Gasteiger charge is -2.36. The highest BCUT2D eigenvalue weighted by Crippen LogP contribution is 2.39. The van der Waals surface area contributed by atoms with Crippen molar-refractivity contribution in [3.05, 3.63) is 101 Å². The van der Waals surface area contributed by atoms with E-state index in [1.807, 2.05) is 48.5 Å². The molecule has 3 aromatic carbocycles. The summed E-state index contributed by atoms with van der Waals surface area (Å²) in [6, 6.07) is 21.5. The van der Waals surface area contributed by atoms with Crippen LogP contribution in [0.25, 0.3) is 0 Å². The number of aliphatic hydroxyl groups excluding tert-OH is 1. The van der Waals surface area contributed by atoms with E-state index in [2.05, 4.69) is 10.6 Å². The summed E-state index contributed by atoms with van der Waals surface area (Å²) in [6.07, 6.45) is -0.394. The fourth-order valence-electron chi connectivity index (χ4n) is 4.31. The Labute approximate surface area is 248 Å². The number of esters is 1. The Morgan fingerprint density at radius 3 is 2.21 bits per heavy atom. The highest BCUT2D eigenvalue weighted by atomic mass is 32.2. The van der Waals surface area contributed by atoms with Gasteiger partial charge in [0.15, 0.2) is 6.29 Å². The van der Waals surface area contributed by atoms with Crippen molar-refractivity contribution in [2.75, 3.05) is 18.9 Å². The summed E-state index contributed by atoms with van der Waals surface area (Å²) in [4.78, 5) is 35.5. The Hall–Kier alpha value is -3.90. The zero-order valence-corrected chi connectivity index (χ0v) is 24.0. The average molecular weight is 595 g/mol. The fourth-order valence-corrected chi connectivity index (χ4v) is 5.23. The zero-order valence-electron chi connectivity index (χ0n) is 23.2. The molecule has 0 spiro atoms. The van der Waals surface area contributed by atoms with E-state index in [0.717, 1.165) is 27.1 Å². The average Bonchev–Trinajstić information content (AvgIpc) is 3.02. The third-order valence-corrected chi connectivity index (χ3v) is 7.70. The largest absolute Gasteiger partial charge is 0.478 e. The third-order valence-electron chi connectivity index (χ3n) is 6.56. The molecule has 0 saturated carbocycles. The van der Waals surface area contributed by atoms with Gasteiger partial charge in [-0.2, -0.15) is 0 Å². The first kappa shape index (κ1) is 31.0. The monoisotopic (exact) mass is 594 g/mol. The van der Waals surface area contributed by atoms with Gasteiger partial charge in [0.05, 0.1) is 31.0 Å². The first-order valence-electron chi connectivity index (χ1n) is 13.6. The number of hydrogen-bond acceptors (Lipinski definition) is 8. The second-order valence-electron chi connectivity index (χ2n) is 9.57. The molecule has 0 aliphatic carbocycles. The van der Waals surface area contributed by atoms with Gasteiger partial charge in [0.25, 0.3) is 0 Å². The first-order valence-corrected chi connectivity index (χ1v) is 14.6. The molecule has 1 heterocycles. The number of amides is 2. The van der Waals surface area contributed by atoms with Gasteiger partial charge < -0.3 is 35.1 Å². The molecule has 2 amide bonds. The number of nitrogens with one attached hydrogen (secondary N) is 2. The third kappa shape index (κ3) is 9.05. The van der Waals surface area contributed by atoms with Crippen LogP contribution in [0.2, 0.25) is 0 Å². The van der Waals surface area contributed by atoms with Crippen LogP contribution >= 0.6 is 11.8 Å². The molecule has 1 aliphatic heterocycles. The molecule has 0 unspecified atom stereocenters. The highest BCUT2D eigenvalue weighted by Gasteiger charge is 2.32. The number of carboxylic acid groups (broad SMARTS) is 1. The summed E-state index contributed by atoms with van der Waals surface area (Å²) < 4.78 is 17.5. The Morgan fingerprint density at radius 2 is 1.57 bits per heavy atom. The number of benzene rings is 3. The number of carboxylic acids is 1. The van der Waals surface area contributed by atoms with Crippen LogP contribution in [-0.4, -0.2) is 53.2 Å². The minimum absolute atomic E-state index is 0.0360. The van der Waals surface area contributed by atoms with Crippen LogP contribution in [-0.2, 0) is 32.2 Å². The molecule has 0 radical (unpaired) electrons. The molecule has 0 bridgehead atoms. The molecule has 10 nitrogen and oxygen atoms in total. The van der Waals surface area contributed by atoms with Crippen molar-refractivity contribution in [3.8, 4) is 0 Å². The predicted octanol–water partition coefficient (Wildman–Crippen LogP) is 4.58. The van der Waals surface area contributed by atoms with Crippen molar-refractivity contribution in [1.29, 1.82) is 0 Å². The van der Waals surface area contributed by atoms with Crippen molar-refractivity contribution in [2.24, 2.45) is 0 Å². The number of carbonyl (C=O) groups is 3. The van der Waals surface area contributed by atoms with Crippen LogP contribution in [0.5, 0.6) is 0 Å². The molecule has 1 saturated heterocycles. The lowest BCUT2D eigenvalue weighted by atomic mass is 10.0. The minimum atomic E-state index is -0.962. The smallest absolute Gasteiger partial charge is 0.335 e. The number of aliphatic hydroxyl groups is 1. The maximum atomic E-state index is 12.0. The summed E-state index contributed by atoms with van der Waals surface area (Å²) in [5, 5.41) is 23.7. The molecule has 1 aliphatic rings. The molecule has 4 rings (SSSR count). The molecule has 4 N–H and O–H groups in total. The van der Waals surface area contributed by atoms with Gasteiger partial charge in [0.2, 0.25) is 0 Å². The molecule has 42 heavy (non-hydrogen) atoms. The SMILES string of the molecule is CCOC(=O)CNC(=O)NCc1ccc([C@@H]2O[C@H](CSc3ccc(C(=O)O)cc3)C[C@H](c3ccc(CO)cc3)O2)cc1. The van der Waals surface area contributed by atoms with E-state index in [1.54, 1.807) is 43.0 Å². The van der Waals surface area contributed by atoms with Crippen LogP contribution in [0.1, 0.15) is 58.4 Å². The molecule has 0 aromatic heterocycles. The lowest BCUT2D eigenvalue weighted by molar-refractivity contribution is -0.245. The molecule has 222 valence electrons. The number of rotatable bonds is 12. The van der Waals surface area contributed by atoms with Crippen molar-refractivity contribution in [1.82, 2.24) is 10.6 Å². The van der Waals surface area contributed by atoms with Crippen LogP contribution in [0.3, 0.4) is 0 Å². The highest BCUT2D eigenvalue weighted by molar-refractivity contribution is 7.99. The van der Waals surface area contributed by atoms with Crippen molar-refractivity contribution in [2.45, 2.75) is 49.9 Å². The van der Waals surface area contributed by atoms with Gasteiger partial charge in [-0.15, -0.1) is 11.8 Å². The van der Waals surface area contributed by atoms with E-state index in [4.69, 9.17) is 19.3 Å². The van der Waals surface area contributed by atoms with Gasteiger partial charge >= 0.3 is 18.0 Å². The summed E-state index contributed by atoms with van der Waals surface area (Å²) in [6.45, 7) is 1.98. The molecular weight excluding hydrogens is 560 g/mol. The van der Waals surface area contributed by atoms with E-state index >= 15 is 0 Å². The van der Waals surface area contributed by atoms with E-state index in [1.165, 1.54) is 0 Å². The number of aromatic carboxylic acids is 1. The van der Waals surface area contributed by atoms with Crippen LogP contribution in [0.4, 0.5) is 4.79 Å². The van der Waals surface area contributed by atoms with Crippen molar-refractivity contribution < 1.29 is 38.8 Å². The number of ether oxygens (including phenoxy) is 3. The minimum Gasteiger partial charge on any atom is -0.478 e. The molecule has 3 atom stereocenters. The summed E-state index contributed by atoms with van der Waals surface area (Å²) in [5.41, 5.74) is 3.72. The molecule has 11 heteroatoms. The summed E-state index contributed by atoms with van der Waals surface area (Å²) in [7, 11) is 0. The van der Waals surface area contributed by atoms with Gasteiger partial charge in [-0.1, -0.05) is 48.5 Å². The Bertz CT molecular complexity index is 1330. The maximum absolute atomic E-state index is 12.0. The predicted molar refractivity (Wildman–Crippen MR) is 156 cm³/mol. The first-order chi connectivity index (χ1) is 20.3. The van der Waals surface area contributed by atoms with Crippen molar-refractivity contribution in [3.63, 3.8) is 0 Å². The van der Waals surface area contributed by atoms with E-state index in [0.29, 0.717) is 12.2 Å². The van der Waals surface area contributed by atoms with Crippen LogP contribution in [0, 0.1) is 0 Å². The number of urea groups is 1. The fraction of sp³-hybridized carbons (Fsp3) is 0.323. The second-order valence-corrected chi connectivity index (χ2v) is 10.7. The topological polar surface area (TPSA) is 143 Å².